The van der Waals surface area contributed by atoms with Crippen LogP contribution < -0.4 is 15.5 Å². The Kier molecular flexibility index (Phi) is 4.31. The maximum atomic E-state index is 12.3. The highest BCUT2D eigenvalue weighted by atomic mass is 16.2. The Balaban J connectivity index is 1.38. The van der Waals surface area contributed by atoms with Crippen molar-refractivity contribution >= 4 is 28.4 Å². The second-order valence-electron chi connectivity index (χ2n) is 6.39. The van der Waals surface area contributed by atoms with Crippen LogP contribution in [-0.4, -0.2) is 36.4 Å². The minimum atomic E-state index is -0.127. The van der Waals surface area contributed by atoms with Crippen LogP contribution in [0.5, 0.6) is 0 Å². The van der Waals surface area contributed by atoms with Gasteiger partial charge >= 0.3 is 0 Å². The maximum absolute atomic E-state index is 12.3. The number of fused-ring (bicyclic) bond motifs is 1. The van der Waals surface area contributed by atoms with Crippen molar-refractivity contribution in [3.63, 3.8) is 0 Å². The lowest BCUT2D eigenvalue weighted by atomic mass is 10.1. The van der Waals surface area contributed by atoms with Gasteiger partial charge < -0.3 is 20.5 Å². The fraction of sp³-hybridized carbons (Fsp3) is 0.200. The number of nitrogens with one attached hydrogen (secondary N) is 3. The lowest BCUT2D eigenvalue weighted by Gasteiger charge is -2.28. The molecule has 0 aliphatic carbocycles. The van der Waals surface area contributed by atoms with Gasteiger partial charge in [-0.15, -0.1) is 0 Å². The van der Waals surface area contributed by atoms with Crippen LogP contribution >= 0.6 is 0 Å². The Labute approximate surface area is 151 Å². The van der Waals surface area contributed by atoms with Crippen LogP contribution in [0.15, 0.2) is 54.6 Å². The molecule has 3 N–H and O–H groups in total. The molecule has 0 bridgehead atoms. The molecule has 0 saturated carbocycles. The molecule has 0 unspecified atom stereocenters. The van der Waals surface area contributed by atoms with E-state index in [1.807, 2.05) is 59.5 Å². The second kappa shape index (κ2) is 6.92. The maximum Gasteiger partial charge on any atom is 0.267 e. The molecule has 4 rings (SSSR count). The lowest BCUT2D eigenvalue weighted by molar-refractivity contribution is -0.120. The summed E-state index contributed by atoms with van der Waals surface area (Å²) in [6, 6.07) is 17.6. The quantitative estimate of drug-likeness (QED) is 0.675. The zero-order valence-electron chi connectivity index (χ0n) is 14.3. The molecule has 1 saturated heterocycles. The standard InChI is InChI=1S/C20H20N4O2/c25-19-13-24(10-9-21-19)16-7-5-14(6-8-16)12-22-20(26)18-11-15-3-1-2-4-17(15)23-18/h1-8,11,23H,9-10,12-13H2,(H,21,25)(H,22,26). The SMILES string of the molecule is O=C1CN(c2ccc(CNC(=O)c3cc4ccccc4[nH]3)cc2)CCN1. The van der Waals surface area contributed by atoms with Crippen molar-refractivity contribution in [2.75, 3.05) is 24.5 Å². The number of aromatic amines is 1. The Morgan fingerprint density at radius 1 is 1.12 bits per heavy atom. The third kappa shape index (κ3) is 3.39. The van der Waals surface area contributed by atoms with Gasteiger partial charge in [-0.1, -0.05) is 30.3 Å². The van der Waals surface area contributed by atoms with Crippen LogP contribution in [0.1, 0.15) is 16.1 Å². The second-order valence-corrected chi connectivity index (χ2v) is 6.39. The van der Waals surface area contributed by atoms with Gasteiger partial charge in [-0.2, -0.15) is 0 Å². The first kappa shape index (κ1) is 16.2. The highest BCUT2D eigenvalue weighted by Crippen LogP contribution is 2.17. The zero-order valence-corrected chi connectivity index (χ0v) is 14.3. The fourth-order valence-electron chi connectivity index (χ4n) is 3.16. The number of aromatic nitrogens is 1. The summed E-state index contributed by atoms with van der Waals surface area (Å²) in [6.07, 6.45) is 0. The number of piperazine rings is 1. The molecule has 1 aromatic heterocycles. The van der Waals surface area contributed by atoms with Crippen molar-refractivity contribution in [2.24, 2.45) is 0 Å². The molecular formula is C20H20N4O2. The number of amides is 2. The summed E-state index contributed by atoms with van der Waals surface area (Å²) in [6.45, 7) is 2.31. The van der Waals surface area contributed by atoms with Gasteiger partial charge in [-0.25, -0.2) is 0 Å². The predicted molar refractivity (Wildman–Crippen MR) is 101 cm³/mol. The molecule has 2 heterocycles. The number of anilines is 1. The van der Waals surface area contributed by atoms with Crippen LogP contribution in [0.25, 0.3) is 10.9 Å². The van der Waals surface area contributed by atoms with Crippen molar-refractivity contribution in [3.05, 3.63) is 65.9 Å². The number of benzene rings is 2. The lowest BCUT2D eigenvalue weighted by Crippen LogP contribution is -2.47. The van der Waals surface area contributed by atoms with Crippen molar-refractivity contribution in [1.82, 2.24) is 15.6 Å². The number of para-hydroxylation sites is 1. The third-order valence-corrected chi connectivity index (χ3v) is 4.57. The molecule has 1 aliphatic heterocycles. The summed E-state index contributed by atoms with van der Waals surface area (Å²) >= 11 is 0. The zero-order chi connectivity index (χ0) is 17.9. The van der Waals surface area contributed by atoms with Crippen LogP contribution in [0.4, 0.5) is 5.69 Å². The minimum Gasteiger partial charge on any atom is -0.360 e. The van der Waals surface area contributed by atoms with Gasteiger partial charge in [0.15, 0.2) is 0 Å². The molecule has 0 atom stereocenters. The molecule has 2 amide bonds. The highest BCUT2D eigenvalue weighted by molar-refractivity contribution is 5.97. The van der Waals surface area contributed by atoms with Crippen molar-refractivity contribution in [1.29, 1.82) is 0 Å². The topological polar surface area (TPSA) is 77.2 Å². The summed E-state index contributed by atoms with van der Waals surface area (Å²) < 4.78 is 0. The van der Waals surface area contributed by atoms with E-state index in [0.29, 0.717) is 25.3 Å². The van der Waals surface area contributed by atoms with E-state index in [0.717, 1.165) is 28.7 Å². The van der Waals surface area contributed by atoms with Crippen molar-refractivity contribution < 1.29 is 9.59 Å². The number of carbonyl (C=O) groups is 2. The van der Waals surface area contributed by atoms with Gasteiger partial charge in [0.1, 0.15) is 5.69 Å². The fourth-order valence-corrected chi connectivity index (χ4v) is 3.16. The summed E-state index contributed by atoms with van der Waals surface area (Å²) in [5.41, 5.74) is 3.54. The third-order valence-electron chi connectivity index (χ3n) is 4.57. The van der Waals surface area contributed by atoms with Crippen molar-refractivity contribution in [3.8, 4) is 0 Å². The largest absolute Gasteiger partial charge is 0.360 e. The number of H-pyrrole nitrogens is 1. The number of carbonyl (C=O) groups excluding carboxylic acids is 2. The molecule has 26 heavy (non-hydrogen) atoms. The highest BCUT2D eigenvalue weighted by Gasteiger charge is 2.16. The average Bonchev–Trinajstić information content (AvgIpc) is 3.11. The number of hydrogen-bond donors (Lipinski definition) is 3. The predicted octanol–water partition coefficient (Wildman–Crippen LogP) is 2.03. The van der Waals surface area contributed by atoms with E-state index in [1.165, 1.54) is 0 Å². The van der Waals surface area contributed by atoms with Crippen LogP contribution in [0, 0.1) is 0 Å². The molecule has 1 fully saturated rings. The van der Waals surface area contributed by atoms with E-state index in [1.54, 1.807) is 0 Å². The first-order chi connectivity index (χ1) is 12.7. The van der Waals surface area contributed by atoms with Gasteiger partial charge in [-0.3, -0.25) is 9.59 Å². The Bertz CT molecular complexity index is 913. The first-order valence-electron chi connectivity index (χ1n) is 8.65. The molecule has 6 heteroatoms. The molecule has 1 aliphatic rings. The molecule has 2 aromatic carbocycles. The minimum absolute atomic E-state index is 0.0472. The smallest absolute Gasteiger partial charge is 0.267 e. The van der Waals surface area contributed by atoms with Gasteiger partial charge in [0.2, 0.25) is 5.91 Å². The van der Waals surface area contributed by atoms with E-state index >= 15 is 0 Å². The van der Waals surface area contributed by atoms with E-state index in [-0.39, 0.29) is 11.8 Å². The Hall–Kier alpha value is -3.28. The average molecular weight is 348 g/mol. The van der Waals surface area contributed by atoms with Gasteiger partial charge in [0.05, 0.1) is 6.54 Å². The molecule has 6 nitrogen and oxygen atoms in total. The summed E-state index contributed by atoms with van der Waals surface area (Å²) in [7, 11) is 0. The van der Waals surface area contributed by atoms with E-state index < -0.39 is 0 Å². The Morgan fingerprint density at radius 3 is 2.69 bits per heavy atom. The molecule has 0 radical (unpaired) electrons. The van der Waals surface area contributed by atoms with Gasteiger partial charge in [0.25, 0.3) is 5.91 Å². The van der Waals surface area contributed by atoms with Crippen LogP contribution in [-0.2, 0) is 11.3 Å². The molecule has 3 aromatic rings. The van der Waals surface area contributed by atoms with E-state index in [2.05, 4.69) is 15.6 Å². The summed E-state index contributed by atoms with van der Waals surface area (Å²) in [5.74, 6) is -0.0797. The number of nitrogens with zero attached hydrogens (tertiary/aromatic N) is 1. The van der Waals surface area contributed by atoms with Gasteiger partial charge in [0, 0.05) is 36.2 Å². The Morgan fingerprint density at radius 2 is 1.92 bits per heavy atom. The summed E-state index contributed by atoms with van der Waals surface area (Å²) in [5, 5.41) is 6.78. The van der Waals surface area contributed by atoms with E-state index in [4.69, 9.17) is 0 Å². The molecule has 132 valence electrons. The number of rotatable bonds is 4. The molecular weight excluding hydrogens is 328 g/mol. The number of hydrogen-bond acceptors (Lipinski definition) is 3. The van der Waals surface area contributed by atoms with Crippen molar-refractivity contribution in [2.45, 2.75) is 6.54 Å². The van der Waals surface area contributed by atoms with Crippen LogP contribution in [0.2, 0.25) is 0 Å². The normalized spacial score (nSPS) is 14.3. The van der Waals surface area contributed by atoms with Crippen LogP contribution in [0.3, 0.4) is 0 Å². The van der Waals surface area contributed by atoms with E-state index in [9.17, 15) is 9.59 Å². The summed E-state index contributed by atoms with van der Waals surface area (Å²) in [4.78, 5) is 29.0. The monoisotopic (exact) mass is 348 g/mol. The molecule has 0 spiro atoms. The van der Waals surface area contributed by atoms with Gasteiger partial charge in [-0.05, 0) is 29.8 Å². The first-order valence-corrected chi connectivity index (χ1v) is 8.65.